The van der Waals surface area contributed by atoms with Crippen molar-refractivity contribution in [2.24, 2.45) is 0 Å². The molecule has 3 rings (SSSR count). The molecule has 4 heteroatoms. The second-order valence-corrected chi connectivity index (χ2v) is 7.43. The summed E-state index contributed by atoms with van der Waals surface area (Å²) in [5.41, 5.74) is 12.0. The molecule has 0 saturated heterocycles. The number of rotatable bonds is 9. The van der Waals surface area contributed by atoms with Gasteiger partial charge in [-0.2, -0.15) is 0 Å². The maximum Gasteiger partial charge on any atom is 0.110 e. The van der Waals surface area contributed by atoms with Crippen LogP contribution in [0.15, 0.2) is 42.5 Å². The minimum atomic E-state index is -0.480. The Kier molecular flexibility index (Phi) is 6.42. The van der Waals surface area contributed by atoms with Crippen molar-refractivity contribution in [3.63, 3.8) is 0 Å². The predicted molar refractivity (Wildman–Crippen MR) is 117 cm³/mol. The molecule has 4 N–H and O–H groups in total. The minimum absolute atomic E-state index is 0.0993. The van der Waals surface area contributed by atoms with Crippen LogP contribution >= 0.6 is 0 Å². The molecule has 2 aromatic carbocycles. The van der Waals surface area contributed by atoms with Gasteiger partial charge in [-0.15, -0.1) is 0 Å². The lowest BCUT2D eigenvalue weighted by Crippen LogP contribution is -2.31. The Hall–Kier alpha value is -2.30. The molecule has 28 heavy (non-hydrogen) atoms. The third kappa shape index (κ3) is 3.94. The average molecular weight is 381 g/mol. The van der Waals surface area contributed by atoms with Crippen molar-refractivity contribution < 1.29 is 9.84 Å². The molecule has 0 aliphatic carbocycles. The zero-order valence-electron chi connectivity index (χ0n) is 17.2. The van der Waals surface area contributed by atoms with Crippen molar-refractivity contribution in [2.75, 3.05) is 18.9 Å². The highest BCUT2D eigenvalue weighted by molar-refractivity contribution is 5.89. The SMILES string of the molecule is CCCOC(CC)(CCO)c1cc2cc(-c3cccc(N)c3)cc(CC)c2[nH]1. The van der Waals surface area contributed by atoms with E-state index >= 15 is 0 Å². The number of nitrogen functional groups attached to an aromatic ring is 1. The maximum atomic E-state index is 9.68. The predicted octanol–water partition coefficient (Wildman–Crippen LogP) is 5.39. The van der Waals surface area contributed by atoms with Crippen LogP contribution in [0.5, 0.6) is 0 Å². The van der Waals surface area contributed by atoms with E-state index in [1.165, 1.54) is 16.5 Å². The summed E-state index contributed by atoms with van der Waals surface area (Å²) in [7, 11) is 0. The monoisotopic (exact) mass is 380 g/mol. The Morgan fingerprint density at radius 3 is 2.54 bits per heavy atom. The zero-order chi connectivity index (χ0) is 20.1. The Morgan fingerprint density at radius 2 is 1.89 bits per heavy atom. The number of aromatic nitrogens is 1. The molecular weight excluding hydrogens is 348 g/mol. The highest BCUT2D eigenvalue weighted by Gasteiger charge is 2.32. The van der Waals surface area contributed by atoms with Gasteiger partial charge in [0.05, 0.1) is 0 Å². The Labute approximate surface area is 167 Å². The van der Waals surface area contributed by atoms with E-state index in [0.29, 0.717) is 13.0 Å². The first kappa shape index (κ1) is 20.4. The zero-order valence-corrected chi connectivity index (χ0v) is 17.2. The quantitative estimate of drug-likeness (QED) is 0.436. The molecule has 1 unspecified atom stereocenters. The number of anilines is 1. The molecule has 0 amide bonds. The van der Waals surface area contributed by atoms with Crippen LogP contribution in [0, 0.1) is 0 Å². The van der Waals surface area contributed by atoms with Gasteiger partial charge in [-0.1, -0.05) is 32.9 Å². The van der Waals surface area contributed by atoms with Crippen molar-refractivity contribution in [1.82, 2.24) is 4.98 Å². The second-order valence-electron chi connectivity index (χ2n) is 7.43. The van der Waals surface area contributed by atoms with Gasteiger partial charge in [0.1, 0.15) is 5.60 Å². The Bertz CT molecular complexity index is 931. The second kappa shape index (κ2) is 8.80. The van der Waals surface area contributed by atoms with Crippen LogP contribution in [0.2, 0.25) is 0 Å². The summed E-state index contributed by atoms with van der Waals surface area (Å²) < 4.78 is 6.28. The molecule has 150 valence electrons. The van der Waals surface area contributed by atoms with Gasteiger partial charge in [0.2, 0.25) is 0 Å². The smallest absolute Gasteiger partial charge is 0.110 e. The number of aromatic amines is 1. The van der Waals surface area contributed by atoms with E-state index in [2.05, 4.69) is 50.0 Å². The summed E-state index contributed by atoms with van der Waals surface area (Å²) in [5, 5.41) is 10.9. The van der Waals surface area contributed by atoms with Crippen LogP contribution in [0.4, 0.5) is 5.69 Å². The molecule has 0 radical (unpaired) electrons. The van der Waals surface area contributed by atoms with E-state index < -0.39 is 5.60 Å². The summed E-state index contributed by atoms with van der Waals surface area (Å²) >= 11 is 0. The molecular formula is C24H32N2O2. The van der Waals surface area contributed by atoms with Gasteiger partial charge < -0.3 is 20.6 Å². The van der Waals surface area contributed by atoms with Crippen molar-refractivity contribution in [2.45, 2.75) is 52.1 Å². The van der Waals surface area contributed by atoms with Crippen molar-refractivity contribution >= 4 is 16.6 Å². The lowest BCUT2D eigenvalue weighted by Gasteiger charge is -2.31. The van der Waals surface area contributed by atoms with Crippen LogP contribution in [0.3, 0.4) is 0 Å². The summed E-state index contributed by atoms with van der Waals surface area (Å²) in [5.74, 6) is 0. The maximum absolute atomic E-state index is 9.68. The fourth-order valence-corrected chi connectivity index (χ4v) is 3.96. The summed E-state index contributed by atoms with van der Waals surface area (Å²) in [4.78, 5) is 3.63. The third-order valence-corrected chi connectivity index (χ3v) is 5.57. The first-order valence-electron chi connectivity index (χ1n) is 10.3. The summed E-state index contributed by atoms with van der Waals surface area (Å²) in [6, 6.07) is 14.7. The van der Waals surface area contributed by atoms with Crippen LogP contribution in [-0.4, -0.2) is 23.3 Å². The molecule has 4 nitrogen and oxygen atoms in total. The van der Waals surface area contributed by atoms with Crippen LogP contribution < -0.4 is 5.73 Å². The molecule has 0 fully saturated rings. The van der Waals surface area contributed by atoms with E-state index in [0.717, 1.165) is 41.7 Å². The summed E-state index contributed by atoms with van der Waals surface area (Å²) in [6.07, 6.45) is 3.28. The fourth-order valence-electron chi connectivity index (χ4n) is 3.96. The first-order chi connectivity index (χ1) is 13.6. The number of fused-ring (bicyclic) bond motifs is 1. The molecule has 0 aliphatic heterocycles. The number of ether oxygens (including phenoxy) is 1. The molecule has 1 heterocycles. The number of aliphatic hydroxyl groups is 1. The fraction of sp³-hybridized carbons (Fsp3) is 0.417. The third-order valence-electron chi connectivity index (χ3n) is 5.57. The van der Waals surface area contributed by atoms with Gasteiger partial charge in [-0.3, -0.25) is 0 Å². The molecule has 1 aromatic heterocycles. The molecule has 0 bridgehead atoms. The van der Waals surface area contributed by atoms with Gasteiger partial charge in [0.15, 0.2) is 0 Å². The first-order valence-corrected chi connectivity index (χ1v) is 10.3. The van der Waals surface area contributed by atoms with Gasteiger partial charge in [-0.05, 0) is 66.3 Å². The number of hydrogen-bond acceptors (Lipinski definition) is 3. The number of aliphatic hydroxyl groups excluding tert-OH is 1. The minimum Gasteiger partial charge on any atom is -0.399 e. The lowest BCUT2D eigenvalue weighted by molar-refractivity contribution is -0.0706. The van der Waals surface area contributed by atoms with E-state index in [9.17, 15) is 5.11 Å². The average Bonchev–Trinajstić information content (AvgIpc) is 3.15. The largest absolute Gasteiger partial charge is 0.399 e. The highest BCUT2D eigenvalue weighted by atomic mass is 16.5. The molecule has 0 aliphatic rings. The van der Waals surface area contributed by atoms with Gasteiger partial charge in [0, 0.05) is 41.9 Å². The number of hydrogen-bond donors (Lipinski definition) is 3. The van der Waals surface area contributed by atoms with E-state index in [4.69, 9.17) is 10.5 Å². The van der Waals surface area contributed by atoms with Gasteiger partial charge in [0.25, 0.3) is 0 Å². The Balaban J connectivity index is 2.13. The van der Waals surface area contributed by atoms with Gasteiger partial charge >= 0.3 is 0 Å². The number of H-pyrrole nitrogens is 1. The van der Waals surface area contributed by atoms with E-state index in [1.807, 2.05) is 18.2 Å². The number of benzene rings is 2. The highest BCUT2D eigenvalue weighted by Crippen LogP contribution is 2.37. The van der Waals surface area contributed by atoms with Crippen LogP contribution in [0.1, 0.15) is 51.3 Å². The topological polar surface area (TPSA) is 71.3 Å². The van der Waals surface area contributed by atoms with E-state index in [1.54, 1.807) is 0 Å². The van der Waals surface area contributed by atoms with Crippen LogP contribution in [-0.2, 0) is 16.8 Å². The van der Waals surface area contributed by atoms with E-state index in [-0.39, 0.29) is 6.61 Å². The normalized spacial score (nSPS) is 13.7. The number of aryl methyl sites for hydroxylation is 1. The van der Waals surface area contributed by atoms with Crippen molar-refractivity contribution in [3.8, 4) is 11.1 Å². The standard InChI is InChI=1S/C24H32N2O2/c1-4-12-28-24(6-3,10-11-27)22-16-20-14-19(13-17(5-2)23(20)26-22)18-8-7-9-21(25)15-18/h7-9,13-16,26-27H,4-6,10-12,25H2,1-3H3. The molecule has 0 saturated carbocycles. The Morgan fingerprint density at radius 1 is 1.07 bits per heavy atom. The lowest BCUT2D eigenvalue weighted by atomic mass is 9.92. The molecule has 1 atom stereocenters. The van der Waals surface area contributed by atoms with Gasteiger partial charge in [-0.25, -0.2) is 0 Å². The number of nitrogens with one attached hydrogen (secondary N) is 1. The number of nitrogens with two attached hydrogens (primary N) is 1. The van der Waals surface area contributed by atoms with Crippen molar-refractivity contribution in [3.05, 3.63) is 53.7 Å². The molecule has 0 spiro atoms. The van der Waals surface area contributed by atoms with Crippen molar-refractivity contribution in [1.29, 1.82) is 0 Å². The molecule has 3 aromatic rings. The summed E-state index contributed by atoms with van der Waals surface area (Å²) in [6.45, 7) is 7.18. The van der Waals surface area contributed by atoms with Crippen LogP contribution in [0.25, 0.3) is 22.0 Å².